The van der Waals surface area contributed by atoms with E-state index in [-0.39, 0.29) is 11.5 Å². The SMILES string of the molecule is O=[N+]([O-])c1cccc(-c2cc(-c3cn(-c4ccccc4)nc3-c3ccc(F)cc3)no2)c1. The average Bonchev–Trinajstić information content (AvgIpc) is 3.48. The van der Waals surface area contributed by atoms with E-state index in [4.69, 9.17) is 9.62 Å². The molecule has 32 heavy (non-hydrogen) atoms. The van der Waals surface area contributed by atoms with Crippen LogP contribution in [0.15, 0.2) is 95.6 Å². The summed E-state index contributed by atoms with van der Waals surface area (Å²) in [5, 5.41) is 20.0. The lowest BCUT2D eigenvalue weighted by molar-refractivity contribution is -0.384. The van der Waals surface area contributed by atoms with E-state index in [9.17, 15) is 14.5 Å². The Hall–Kier alpha value is -4.59. The quantitative estimate of drug-likeness (QED) is 0.258. The Bertz CT molecular complexity index is 1410. The molecule has 5 rings (SSSR count). The van der Waals surface area contributed by atoms with Crippen molar-refractivity contribution in [3.05, 3.63) is 107 Å². The van der Waals surface area contributed by atoms with Crippen molar-refractivity contribution >= 4 is 5.69 Å². The Balaban J connectivity index is 1.61. The van der Waals surface area contributed by atoms with Gasteiger partial charge in [0.2, 0.25) is 0 Å². The van der Waals surface area contributed by atoms with Crippen LogP contribution >= 0.6 is 0 Å². The minimum atomic E-state index is -0.461. The summed E-state index contributed by atoms with van der Waals surface area (Å²) in [6, 6.07) is 23.5. The van der Waals surface area contributed by atoms with Gasteiger partial charge in [-0.25, -0.2) is 9.07 Å². The minimum Gasteiger partial charge on any atom is -0.356 e. The number of rotatable bonds is 5. The van der Waals surface area contributed by atoms with E-state index in [0.29, 0.717) is 28.3 Å². The molecule has 3 aromatic carbocycles. The van der Waals surface area contributed by atoms with Gasteiger partial charge in [-0.15, -0.1) is 0 Å². The molecule has 0 atom stereocenters. The van der Waals surface area contributed by atoms with Crippen molar-refractivity contribution in [2.24, 2.45) is 0 Å². The van der Waals surface area contributed by atoms with Gasteiger partial charge < -0.3 is 4.52 Å². The lowest BCUT2D eigenvalue weighted by atomic mass is 10.0. The van der Waals surface area contributed by atoms with E-state index in [1.165, 1.54) is 24.3 Å². The molecule has 0 unspecified atom stereocenters. The van der Waals surface area contributed by atoms with E-state index >= 15 is 0 Å². The van der Waals surface area contributed by atoms with E-state index < -0.39 is 4.92 Å². The van der Waals surface area contributed by atoms with Gasteiger partial charge in [0.05, 0.1) is 16.2 Å². The fourth-order valence-electron chi connectivity index (χ4n) is 3.41. The maximum Gasteiger partial charge on any atom is 0.270 e. The summed E-state index contributed by atoms with van der Waals surface area (Å²) in [4.78, 5) is 10.6. The Morgan fingerprint density at radius 3 is 2.44 bits per heavy atom. The summed E-state index contributed by atoms with van der Waals surface area (Å²) in [5.41, 5.74) is 3.86. The first-order valence-corrected chi connectivity index (χ1v) is 9.71. The molecular formula is C24H15FN4O3. The molecule has 0 radical (unpaired) electrons. The van der Waals surface area contributed by atoms with E-state index in [2.05, 4.69) is 5.16 Å². The third kappa shape index (κ3) is 3.65. The van der Waals surface area contributed by atoms with Gasteiger partial charge >= 0.3 is 0 Å². The topological polar surface area (TPSA) is 87.0 Å². The maximum absolute atomic E-state index is 13.5. The Morgan fingerprint density at radius 1 is 0.906 bits per heavy atom. The van der Waals surface area contributed by atoms with Crippen LogP contribution in [0.4, 0.5) is 10.1 Å². The Kier molecular flexibility index (Phi) is 4.79. The molecule has 0 saturated heterocycles. The van der Waals surface area contributed by atoms with Gasteiger partial charge in [-0.1, -0.05) is 35.5 Å². The smallest absolute Gasteiger partial charge is 0.270 e. The Morgan fingerprint density at radius 2 is 1.69 bits per heavy atom. The molecule has 7 nitrogen and oxygen atoms in total. The fourth-order valence-corrected chi connectivity index (χ4v) is 3.41. The van der Waals surface area contributed by atoms with E-state index in [1.54, 1.807) is 35.0 Å². The molecule has 8 heteroatoms. The van der Waals surface area contributed by atoms with E-state index in [1.807, 2.05) is 36.5 Å². The molecule has 0 aliphatic carbocycles. The van der Waals surface area contributed by atoms with Crippen LogP contribution < -0.4 is 0 Å². The number of aromatic nitrogens is 3. The van der Waals surface area contributed by atoms with Gasteiger partial charge in [0.15, 0.2) is 5.76 Å². The van der Waals surface area contributed by atoms with Crippen LogP contribution in [0.3, 0.4) is 0 Å². The fraction of sp³-hybridized carbons (Fsp3) is 0. The van der Waals surface area contributed by atoms with Crippen molar-refractivity contribution in [1.82, 2.24) is 14.9 Å². The lowest BCUT2D eigenvalue weighted by Crippen LogP contribution is -1.94. The molecule has 0 saturated carbocycles. The summed E-state index contributed by atoms with van der Waals surface area (Å²) in [6.07, 6.45) is 1.82. The molecule has 0 bridgehead atoms. The highest BCUT2D eigenvalue weighted by Gasteiger charge is 2.19. The van der Waals surface area contributed by atoms with Crippen molar-refractivity contribution in [2.75, 3.05) is 0 Å². The summed E-state index contributed by atoms with van der Waals surface area (Å²) in [6.45, 7) is 0. The molecule has 0 aliphatic heterocycles. The normalized spacial score (nSPS) is 10.9. The highest BCUT2D eigenvalue weighted by molar-refractivity contribution is 5.80. The maximum atomic E-state index is 13.5. The molecule has 0 aliphatic rings. The number of hydrogen-bond donors (Lipinski definition) is 0. The van der Waals surface area contributed by atoms with Gasteiger partial charge in [-0.3, -0.25) is 10.1 Å². The first kappa shape index (κ1) is 19.4. The number of nitro benzene ring substituents is 1. The zero-order chi connectivity index (χ0) is 22.1. The second-order valence-corrected chi connectivity index (χ2v) is 7.06. The van der Waals surface area contributed by atoms with Gasteiger partial charge in [0, 0.05) is 35.5 Å². The zero-order valence-electron chi connectivity index (χ0n) is 16.6. The van der Waals surface area contributed by atoms with Crippen LogP contribution in [-0.2, 0) is 0 Å². The number of non-ortho nitro benzene ring substituents is 1. The lowest BCUT2D eigenvalue weighted by Gasteiger charge is -2.00. The van der Waals surface area contributed by atoms with Crippen LogP contribution in [0.25, 0.3) is 39.5 Å². The predicted molar refractivity (Wildman–Crippen MR) is 117 cm³/mol. The van der Waals surface area contributed by atoms with Gasteiger partial charge in [-0.05, 0) is 36.4 Å². The largest absolute Gasteiger partial charge is 0.356 e. The zero-order valence-corrected chi connectivity index (χ0v) is 16.6. The van der Waals surface area contributed by atoms with Crippen molar-refractivity contribution in [3.63, 3.8) is 0 Å². The number of hydrogen-bond acceptors (Lipinski definition) is 5. The van der Waals surface area contributed by atoms with Gasteiger partial charge in [-0.2, -0.15) is 5.10 Å². The van der Waals surface area contributed by atoms with Crippen molar-refractivity contribution in [1.29, 1.82) is 0 Å². The second kappa shape index (κ2) is 7.92. The van der Waals surface area contributed by atoms with Gasteiger partial charge in [0.25, 0.3) is 5.69 Å². The van der Waals surface area contributed by atoms with Crippen LogP contribution in [0.5, 0.6) is 0 Å². The molecule has 2 heterocycles. The first-order chi connectivity index (χ1) is 15.6. The molecular weight excluding hydrogens is 411 g/mol. The second-order valence-electron chi connectivity index (χ2n) is 7.06. The third-order valence-corrected chi connectivity index (χ3v) is 4.98. The predicted octanol–water partition coefficient (Wildman–Crippen LogP) is 5.91. The van der Waals surface area contributed by atoms with E-state index in [0.717, 1.165) is 11.3 Å². The summed E-state index contributed by atoms with van der Waals surface area (Å²) in [7, 11) is 0. The standard InChI is InChI=1S/C24H15FN4O3/c25-18-11-9-16(10-12-18)24-21(15-28(26-24)19-6-2-1-3-7-19)22-14-23(32-27-22)17-5-4-8-20(13-17)29(30)31/h1-15H. The number of nitrogens with zero attached hydrogens (tertiary/aromatic N) is 4. The van der Waals surface area contributed by atoms with Crippen molar-refractivity contribution < 1.29 is 13.8 Å². The third-order valence-electron chi connectivity index (χ3n) is 4.98. The summed E-state index contributed by atoms with van der Waals surface area (Å²) < 4.78 is 20.7. The van der Waals surface area contributed by atoms with Crippen LogP contribution in [0.2, 0.25) is 0 Å². The van der Waals surface area contributed by atoms with Crippen LogP contribution in [-0.4, -0.2) is 19.9 Å². The Labute approximate surface area is 181 Å². The van der Waals surface area contributed by atoms with Crippen LogP contribution in [0.1, 0.15) is 0 Å². The molecule has 5 aromatic rings. The average molecular weight is 426 g/mol. The molecule has 2 aromatic heterocycles. The number of para-hydroxylation sites is 1. The summed E-state index contributed by atoms with van der Waals surface area (Å²) in [5.74, 6) is 0.0494. The number of nitro groups is 1. The monoisotopic (exact) mass is 426 g/mol. The van der Waals surface area contributed by atoms with Crippen molar-refractivity contribution in [2.45, 2.75) is 0 Å². The minimum absolute atomic E-state index is 0.0376. The number of halogens is 1. The highest BCUT2D eigenvalue weighted by atomic mass is 19.1. The molecule has 0 N–H and O–H groups in total. The first-order valence-electron chi connectivity index (χ1n) is 9.71. The highest BCUT2D eigenvalue weighted by Crippen LogP contribution is 2.34. The molecule has 0 spiro atoms. The number of benzene rings is 3. The van der Waals surface area contributed by atoms with Crippen molar-refractivity contribution in [3.8, 4) is 39.5 Å². The van der Waals surface area contributed by atoms with Gasteiger partial charge in [0.1, 0.15) is 17.2 Å². The summed E-state index contributed by atoms with van der Waals surface area (Å²) >= 11 is 0. The molecule has 0 fully saturated rings. The van der Waals surface area contributed by atoms with Crippen LogP contribution in [0, 0.1) is 15.9 Å². The molecule has 156 valence electrons. The molecule has 0 amide bonds.